The highest BCUT2D eigenvalue weighted by Gasteiger charge is 2.11. The van der Waals surface area contributed by atoms with Crippen molar-refractivity contribution in [3.05, 3.63) is 65.9 Å². The van der Waals surface area contributed by atoms with Crippen LogP contribution in [0.1, 0.15) is 22.5 Å². The summed E-state index contributed by atoms with van der Waals surface area (Å²) >= 11 is 0. The number of aromatic nitrogens is 1. The summed E-state index contributed by atoms with van der Waals surface area (Å²) in [5.41, 5.74) is 8.55. The third-order valence-electron chi connectivity index (χ3n) is 4.06. The Morgan fingerprint density at radius 2 is 1.83 bits per heavy atom. The quantitative estimate of drug-likeness (QED) is 0.758. The van der Waals surface area contributed by atoms with E-state index in [9.17, 15) is 9.59 Å². The van der Waals surface area contributed by atoms with Crippen LogP contribution in [-0.2, 0) is 18.3 Å². The summed E-state index contributed by atoms with van der Waals surface area (Å²) in [6.45, 7) is 0. The van der Waals surface area contributed by atoms with Gasteiger partial charge in [-0.1, -0.05) is 30.3 Å². The minimum absolute atomic E-state index is 0.0377. The molecule has 0 spiro atoms. The van der Waals surface area contributed by atoms with Crippen LogP contribution in [-0.4, -0.2) is 16.4 Å². The molecule has 3 aromatic rings. The number of fused-ring (bicyclic) bond motifs is 1. The standard InChI is InChI=1S/C19H19N3O2/c1-22-16-9-8-15(11-14(16)12-17(22)19(20)24)21-18(23)10-7-13-5-3-2-4-6-13/h2-6,8-9,11-12H,7,10H2,1H3,(H2,20,24)(H,21,23). The molecule has 0 radical (unpaired) electrons. The van der Waals surface area contributed by atoms with Crippen molar-refractivity contribution in [1.82, 2.24) is 4.57 Å². The maximum atomic E-state index is 12.1. The highest BCUT2D eigenvalue weighted by atomic mass is 16.2. The predicted molar refractivity (Wildman–Crippen MR) is 94.8 cm³/mol. The number of carbonyl (C=O) groups is 2. The number of nitrogens with two attached hydrogens (primary N) is 1. The topological polar surface area (TPSA) is 77.1 Å². The maximum Gasteiger partial charge on any atom is 0.265 e. The number of nitrogens with one attached hydrogen (secondary N) is 1. The molecule has 0 unspecified atom stereocenters. The Labute approximate surface area is 140 Å². The van der Waals surface area contributed by atoms with Crippen LogP contribution < -0.4 is 11.1 Å². The molecule has 3 N–H and O–H groups in total. The lowest BCUT2D eigenvalue weighted by atomic mass is 10.1. The van der Waals surface area contributed by atoms with Crippen molar-refractivity contribution >= 4 is 28.4 Å². The van der Waals surface area contributed by atoms with Gasteiger partial charge >= 0.3 is 0 Å². The molecule has 0 aliphatic heterocycles. The maximum absolute atomic E-state index is 12.1. The molecule has 2 aromatic carbocycles. The number of hydrogen-bond donors (Lipinski definition) is 2. The molecule has 1 aromatic heterocycles. The van der Waals surface area contributed by atoms with Gasteiger partial charge in [0.05, 0.1) is 0 Å². The van der Waals surface area contributed by atoms with Crippen LogP contribution in [0.25, 0.3) is 10.9 Å². The van der Waals surface area contributed by atoms with E-state index in [0.717, 1.165) is 16.5 Å². The number of rotatable bonds is 5. The molecule has 0 aliphatic rings. The number of benzene rings is 2. The van der Waals surface area contributed by atoms with Crippen LogP contribution in [0.4, 0.5) is 5.69 Å². The summed E-state index contributed by atoms with van der Waals surface area (Å²) in [7, 11) is 1.79. The molecular formula is C19H19N3O2. The zero-order valence-electron chi connectivity index (χ0n) is 13.5. The SMILES string of the molecule is Cn1c(C(N)=O)cc2cc(NC(=O)CCc3ccccc3)ccc21. The van der Waals surface area contributed by atoms with Gasteiger partial charge in [0, 0.05) is 30.1 Å². The van der Waals surface area contributed by atoms with Crippen LogP contribution in [0, 0.1) is 0 Å². The van der Waals surface area contributed by atoms with Crippen LogP contribution in [0.3, 0.4) is 0 Å². The lowest BCUT2D eigenvalue weighted by molar-refractivity contribution is -0.116. The van der Waals surface area contributed by atoms with E-state index in [0.29, 0.717) is 24.2 Å². The monoisotopic (exact) mass is 321 g/mol. The molecule has 0 atom stereocenters. The number of aryl methyl sites for hydroxylation is 2. The molecule has 0 saturated carbocycles. The Balaban J connectivity index is 1.71. The Bertz CT molecular complexity index is 898. The Morgan fingerprint density at radius 1 is 1.08 bits per heavy atom. The van der Waals surface area contributed by atoms with Crippen molar-refractivity contribution in [2.45, 2.75) is 12.8 Å². The number of carbonyl (C=O) groups excluding carboxylic acids is 2. The van der Waals surface area contributed by atoms with E-state index in [1.807, 2.05) is 48.5 Å². The fourth-order valence-corrected chi connectivity index (χ4v) is 2.79. The highest BCUT2D eigenvalue weighted by Crippen LogP contribution is 2.22. The number of nitrogens with zero attached hydrogens (tertiary/aromatic N) is 1. The van der Waals surface area contributed by atoms with E-state index in [1.54, 1.807) is 17.7 Å². The van der Waals surface area contributed by atoms with Crippen LogP contribution in [0.15, 0.2) is 54.6 Å². The van der Waals surface area contributed by atoms with Gasteiger partial charge in [-0.25, -0.2) is 0 Å². The molecule has 0 saturated heterocycles. The van der Waals surface area contributed by atoms with Gasteiger partial charge in [0.15, 0.2) is 0 Å². The van der Waals surface area contributed by atoms with Gasteiger partial charge in [0.25, 0.3) is 5.91 Å². The normalized spacial score (nSPS) is 10.7. The van der Waals surface area contributed by atoms with Gasteiger partial charge in [0.2, 0.25) is 5.91 Å². The summed E-state index contributed by atoms with van der Waals surface area (Å²) in [5, 5.41) is 3.77. The first kappa shape index (κ1) is 15.8. The molecule has 5 heteroatoms. The third kappa shape index (κ3) is 3.30. The lowest BCUT2D eigenvalue weighted by Gasteiger charge is -2.06. The number of amides is 2. The van der Waals surface area contributed by atoms with Crippen LogP contribution >= 0.6 is 0 Å². The Morgan fingerprint density at radius 3 is 2.54 bits per heavy atom. The second-order valence-corrected chi connectivity index (χ2v) is 5.76. The summed E-state index contributed by atoms with van der Waals surface area (Å²) in [6.07, 6.45) is 1.12. The molecule has 1 heterocycles. The van der Waals surface area contributed by atoms with Crippen molar-refractivity contribution in [1.29, 1.82) is 0 Å². The van der Waals surface area contributed by atoms with E-state index < -0.39 is 5.91 Å². The van der Waals surface area contributed by atoms with Crippen LogP contribution in [0.2, 0.25) is 0 Å². The van der Waals surface area contributed by atoms with Crippen molar-refractivity contribution < 1.29 is 9.59 Å². The highest BCUT2D eigenvalue weighted by molar-refractivity contribution is 5.99. The number of anilines is 1. The molecule has 122 valence electrons. The number of primary amides is 1. The minimum atomic E-state index is -0.470. The molecule has 0 bridgehead atoms. The van der Waals surface area contributed by atoms with E-state index in [4.69, 9.17) is 5.73 Å². The molecule has 0 fully saturated rings. The fraction of sp³-hybridized carbons (Fsp3) is 0.158. The second-order valence-electron chi connectivity index (χ2n) is 5.76. The first-order valence-corrected chi connectivity index (χ1v) is 7.77. The van der Waals surface area contributed by atoms with Gasteiger partial charge in [-0.2, -0.15) is 0 Å². The molecule has 0 aliphatic carbocycles. The third-order valence-corrected chi connectivity index (χ3v) is 4.06. The minimum Gasteiger partial charge on any atom is -0.364 e. The molecule has 5 nitrogen and oxygen atoms in total. The lowest BCUT2D eigenvalue weighted by Crippen LogP contribution is -2.14. The molecule has 2 amide bonds. The molecule has 3 rings (SSSR count). The van der Waals surface area contributed by atoms with Crippen molar-refractivity contribution in [2.24, 2.45) is 12.8 Å². The van der Waals surface area contributed by atoms with Crippen molar-refractivity contribution in [2.75, 3.05) is 5.32 Å². The second kappa shape index (κ2) is 6.58. The Hall–Kier alpha value is -3.08. The predicted octanol–water partition coefficient (Wildman–Crippen LogP) is 2.85. The van der Waals surface area contributed by atoms with E-state index >= 15 is 0 Å². The zero-order chi connectivity index (χ0) is 17.1. The number of hydrogen-bond acceptors (Lipinski definition) is 2. The van der Waals surface area contributed by atoms with Gasteiger partial charge in [0.1, 0.15) is 5.69 Å². The summed E-state index contributed by atoms with van der Waals surface area (Å²) in [4.78, 5) is 23.5. The zero-order valence-corrected chi connectivity index (χ0v) is 13.5. The van der Waals surface area contributed by atoms with Crippen molar-refractivity contribution in [3.63, 3.8) is 0 Å². The summed E-state index contributed by atoms with van der Waals surface area (Å²) < 4.78 is 1.75. The van der Waals surface area contributed by atoms with Crippen LogP contribution in [0.5, 0.6) is 0 Å². The first-order chi connectivity index (χ1) is 11.5. The van der Waals surface area contributed by atoms with Gasteiger partial charge in [-0.05, 0) is 36.2 Å². The summed E-state index contributed by atoms with van der Waals surface area (Å²) in [5.74, 6) is -0.508. The average Bonchev–Trinajstić information content (AvgIpc) is 2.90. The molecular weight excluding hydrogens is 302 g/mol. The van der Waals surface area contributed by atoms with Crippen molar-refractivity contribution in [3.8, 4) is 0 Å². The van der Waals surface area contributed by atoms with E-state index in [-0.39, 0.29) is 5.91 Å². The van der Waals surface area contributed by atoms with Gasteiger partial charge < -0.3 is 15.6 Å². The smallest absolute Gasteiger partial charge is 0.265 e. The van der Waals surface area contributed by atoms with E-state index in [2.05, 4.69) is 5.32 Å². The van der Waals surface area contributed by atoms with Gasteiger partial charge in [-0.15, -0.1) is 0 Å². The average molecular weight is 321 g/mol. The Kier molecular flexibility index (Phi) is 4.33. The largest absolute Gasteiger partial charge is 0.364 e. The first-order valence-electron chi connectivity index (χ1n) is 7.77. The molecule has 24 heavy (non-hydrogen) atoms. The summed E-state index contributed by atoms with van der Waals surface area (Å²) in [6, 6.07) is 17.2. The van der Waals surface area contributed by atoms with E-state index in [1.165, 1.54) is 0 Å². The fourth-order valence-electron chi connectivity index (χ4n) is 2.79. The van der Waals surface area contributed by atoms with Gasteiger partial charge in [-0.3, -0.25) is 9.59 Å².